The number of para-hydroxylation sites is 1. The van der Waals surface area contributed by atoms with E-state index < -0.39 is 10.0 Å². The van der Waals surface area contributed by atoms with Gasteiger partial charge in [0.05, 0.1) is 10.6 Å². The van der Waals surface area contributed by atoms with E-state index in [9.17, 15) is 13.2 Å². The predicted octanol–water partition coefficient (Wildman–Crippen LogP) is 2.19. The van der Waals surface area contributed by atoms with Crippen molar-refractivity contribution < 1.29 is 13.2 Å². The first-order chi connectivity index (χ1) is 10.9. The zero-order chi connectivity index (χ0) is 16.6. The predicted molar refractivity (Wildman–Crippen MR) is 89.1 cm³/mol. The topological polar surface area (TPSA) is 66.5 Å². The zero-order valence-electron chi connectivity index (χ0n) is 13.0. The molecule has 0 bridgehead atoms. The van der Waals surface area contributed by atoms with Crippen LogP contribution in [0.25, 0.3) is 0 Å². The Morgan fingerprint density at radius 1 is 1.13 bits per heavy atom. The van der Waals surface area contributed by atoms with Crippen molar-refractivity contribution in [1.29, 1.82) is 0 Å². The molecule has 120 valence electrons. The first-order valence-corrected chi connectivity index (χ1v) is 8.83. The van der Waals surface area contributed by atoms with Crippen molar-refractivity contribution in [3.05, 3.63) is 59.7 Å². The van der Waals surface area contributed by atoms with E-state index in [0.717, 1.165) is 11.3 Å². The van der Waals surface area contributed by atoms with Crippen LogP contribution in [0, 0.1) is 0 Å². The van der Waals surface area contributed by atoms with Crippen LogP contribution in [0.3, 0.4) is 0 Å². The van der Waals surface area contributed by atoms with Crippen LogP contribution in [-0.2, 0) is 16.4 Å². The lowest BCUT2D eigenvalue weighted by Gasteiger charge is -2.24. The van der Waals surface area contributed by atoms with E-state index in [-0.39, 0.29) is 16.8 Å². The highest BCUT2D eigenvalue weighted by Gasteiger charge is 2.35. The molecule has 1 heterocycles. The zero-order valence-corrected chi connectivity index (χ0v) is 13.8. The number of carbonyl (C=O) groups is 1. The van der Waals surface area contributed by atoms with E-state index in [0.29, 0.717) is 12.0 Å². The van der Waals surface area contributed by atoms with E-state index in [1.54, 1.807) is 0 Å². The lowest BCUT2D eigenvalue weighted by Crippen LogP contribution is -2.35. The molecule has 1 N–H and O–H groups in total. The van der Waals surface area contributed by atoms with Crippen molar-refractivity contribution in [2.75, 3.05) is 11.4 Å². The second-order valence-corrected chi connectivity index (χ2v) is 7.40. The van der Waals surface area contributed by atoms with Crippen LogP contribution in [0.4, 0.5) is 5.69 Å². The Balaban J connectivity index is 2.01. The van der Waals surface area contributed by atoms with Gasteiger partial charge in [-0.3, -0.25) is 9.10 Å². The summed E-state index contributed by atoms with van der Waals surface area (Å²) < 4.78 is 27.4. The Morgan fingerprint density at radius 3 is 2.43 bits per heavy atom. The van der Waals surface area contributed by atoms with Crippen LogP contribution < -0.4 is 9.62 Å². The van der Waals surface area contributed by atoms with Crippen molar-refractivity contribution >= 4 is 21.6 Å². The van der Waals surface area contributed by atoms with Gasteiger partial charge in [0.15, 0.2) is 0 Å². The highest BCUT2D eigenvalue weighted by atomic mass is 32.2. The molecular weight excluding hydrogens is 312 g/mol. The third-order valence-electron chi connectivity index (χ3n) is 4.05. The molecule has 6 heteroatoms. The van der Waals surface area contributed by atoms with Crippen molar-refractivity contribution in [3.8, 4) is 0 Å². The first-order valence-electron chi connectivity index (χ1n) is 7.39. The first kappa shape index (κ1) is 15.6. The van der Waals surface area contributed by atoms with Crippen LogP contribution >= 0.6 is 0 Å². The summed E-state index contributed by atoms with van der Waals surface area (Å²) in [5.41, 5.74) is 2.20. The summed E-state index contributed by atoms with van der Waals surface area (Å²) in [6, 6.07) is 13.4. The molecule has 0 saturated carbocycles. The Bertz CT molecular complexity index is 844. The average molecular weight is 330 g/mol. The summed E-state index contributed by atoms with van der Waals surface area (Å²) >= 11 is 0. The number of amides is 1. The summed E-state index contributed by atoms with van der Waals surface area (Å²) in [5, 5.41) is 2.52. The highest BCUT2D eigenvalue weighted by molar-refractivity contribution is 7.92. The molecule has 0 spiro atoms. The van der Waals surface area contributed by atoms with Gasteiger partial charge in [-0.15, -0.1) is 0 Å². The van der Waals surface area contributed by atoms with Gasteiger partial charge in [0, 0.05) is 18.7 Å². The molecule has 0 radical (unpaired) electrons. The number of nitrogens with zero attached hydrogens (tertiary/aromatic N) is 1. The van der Waals surface area contributed by atoms with E-state index in [2.05, 4.69) is 5.32 Å². The third kappa shape index (κ3) is 2.59. The molecular formula is C17H18N2O3S. The summed E-state index contributed by atoms with van der Waals surface area (Å²) in [4.78, 5) is 11.8. The molecule has 23 heavy (non-hydrogen) atoms. The van der Waals surface area contributed by atoms with Crippen LogP contribution in [0.1, 0.15) is 22.8 Å². The normalized spacial score (nSPS) is 17.0. The maximum Gasteiger partial charge on any atom is 0.264 e. The summed E-state index contributed by atoms with van der Waals surface area (Å²) in [6.07, 6.45) is 0.700. The Hall–Kier alpha value is -2.34. The van der Waals surface area contributed by atoms with E-state index in [4.69, 9.17) is 0 Å². The SMILES string of the molecule is CNC(=O)c1ccc(S(=O)(=O)N2c3ccccc3C[C@@H]2C)cc1. The van der Waals surface area contributed by atoms with Crippen molar-refractivity contribution in [2.45, 2.75) is 24.3 Å². The third-order valence-corrected chi connectivity index (χ3v) is 5.99. The Morgan fingerprint density at radius 2 is 1.78 bits per heavy atom. The maximum absolute atomic E-state index is 13.0. The molecule has 5 nitrogen and oxygen atoms in total. The van der Waals surface area contributed by atoms with E-state index in [1.807, 2.05) is 31.2 Å². The molecule has 0 saturated heterocycles. The van der Waals surface area contributed by atoms with Crippen LogP contribution in [-0.4, -0.2) is 27.4 Å². The summed E-state index contributed by atoms with van der Waals surface area (Å²) in [6.45, 7) is 1.90. The van der Waals surface area contributed by atoms with Crippen molar-refractivity contribution in [3.63, 3.8) is 0 Å². The molecule has 0 unspecified atom stereocenters. The number of hydrogen-bond donors (Lipinski definition) is 1. The van der Waals surface area contributed by atoms with E-state index >= 15 is 0 Å². The van der Waals surface area contributed by atoms with Crippen molar-refractivity contribution in [1.82, 2.24) is 5.32 Å². The second-order valence-electron chi connectivity index (χ2n) is 5.59. The number of carbonyl (C=O) groups excluding carboxylic acids is 1. The molecule has 0 aromatic heterocycles. The minimum Gasteiger partial charge on any atom is -0.355 e. The smallest absolute Gasteiger partial charge is 0.264 e. The van der Waals surface area contributed by atoms with Gasteiger partial charge in [0.1, 0.15) is 0 Å². The minimum absolute atomic E-state index is 0.129. The Kier molecular flexibility index (Phi) is 3.85. The van der Waals surface area contributed by atoms with Gasteiger partial charge >= 0.3 is 0 Å². The standard InChI is InChI=1S/C17H18N2O3S/c1-12-11-14-5-3-4-6-16(14)19(12)23(21,22)15-9-7-13(8-10-15)17(20)18-2/h3-10,12H,11H2,1-2H3,(H,18,20)/t12-/m0/s1. The second kappa shape index (κ2) is 5.70. The largest absolute Gasteiger partial charge is 0.355 e. The number of nitrogens with one attached hydrogen (secondary N) is 1. The van der Waals surface area contributed by atoms with Gasteiger partial charge in [-0.1, -0.05) is 18.2 Å². The average Bonchev–Trinajstić information content (AvgIpc) is 2.90. The molecule has 1 atom stereocenters. The van der Waals surface area contributed by atoms with Gasteiger partial charge in [-0.25, -0.2) is 8.42 Å². The van der Waals surface area contributed by atoms with Crippen molar-refractivity contribution in [2.24, 2.45) is 0 Å². The number of sulfonamides is 1. The molecule has 0 fully saturated rings. The number of anilines is 1. The number of benzene rings is 2. The maximum atomic E-state index is 13.0. The van der Waals surface area contributed by atoms with Gasteiger partial charge in [0.25, 0.3) is 15.9 Å². The van der Waals surface area contributed by atoms with Crippen LogP contribution in [0.5, 0.6) is 0 Å². The molecule has 1 amide bonds. The highest BCUT2D eigenvalue weighted by Crippen LogP contribution is 2.36. The lowest BCUT2D eigenvalue weighted by atomic mass is 10.1. The number of rotatable bonds is 3. The summed E-state index contributed by atoms with van der Waals surface area (Å²) in [7, 11) is -2.11. The molecule has 3 rings (SSSR count). The number of hydrogen-bond acceptors (Lipinski definition) is 3. The fourth-order valence-electron chi connectivity index (χ4n) is 2.94. The Labute approximate surface area is 136 Å². The fourth-order valence-corrected chi connectivity index (χ4v) is 4.63. The van der Waals surface area contributed by atoms with Gasteiger partial charge < -0.3 is 5.32 Å². The van der Waals surface area contributed by atoms with Crippen LogP contribution in [0.2, 0.25) is 0 Å². The van der Waals surface area contributed by atoms with Gasteiger partial charge in [0.2, 0.25) is 0 Å². The van der Waals surface area contributed by atoms with E-state index in [1.165, 1.54) is 35.6 Å². The molecule has 0 aliphatic carbocycles. The fraction of sp³-hybridized carbons (Fsp3) is 0.235. The van der Waals surface area contributed by atoms with Crippen LogP contribution in [0.15, 0.2) is 53.4 Å². The molecule has 1 aliphatic rings. The molecule has 2 aromatic rings. The minimum atomic E-state index is -3.65. The molecule has 2 aromatic carbocycles. The number of fused-ring (bicyclic) bond motifs is 1. The lowest BCUT2D eigenvalue weighted by molar-refractivity contribution is 0.0963. The van der Waals surface area contributed by atoms with Gasteiger partial charge in [-0.05, 0) is 49.2 Å². The molecule has 1 aliphatic heterocycles. The van der Waals surface area contributed by atoms with Gasteiger partial charge in [-0.2, -0.15) is 0 Å². The monoisotopic (exact) mass is 330 g/mol. The quantitative estimate of drug-likeness (QED) is 0.938. The summed E-state index contributed by atoms with van der Waals surface area (Å²) in [5.74, 6) is -0.242.